The molecule has 1 heteroatoms. The Morgan fingerprint density at radius 3 is 2.76 bits per heavy atom. The summed E-state index contributed by atoms with van der Waals surface area (Å²) in [5.74, 6) is 0.638. The first-order chi connectivity index (χ1) is 8.16. The molecule has 0 aliphatic heterocycles. The van der Waals surface area contributed by atoms with Gasteiger partial charge in [-0.1, -0.05) is 30.7 Å². The van der Waals surface area contributed by atoms with Gasteiger partial charge in [-0.15, -0.1) is 0 Å². The molecule has 0 spiro atoms. The zero-order chi connectivity index (χ0) is 12.0. The highest BCUT2D eigenvalue weighted by Gasteiger charge is 2.30. The van der Waals surface area contributed by atoms with Crippen LogP contribution in [0.4, 0.5) is 0 Å². The van der Waals surface area contributed by atoms with Crippen molar-refractivity contribution in [2.75, 3.05) is 0 Å². The molecule has 0 bridgehead atoms. The number of Topliss-reactive ketones (excluding diaryl/α,β-unsaturated/α-hetero) is 1. The number of ketones is 1. The van der Waals surface area contributed by atoms with Crippen LogP contribution in [0.2, 0.25) is 0 Å². The van der Waals surface area contributed by atoms with Crippen molar-refractivity contribution in [1.82, 2.24) is 0 Å². The predicted molar refractivity (Wildman–Crippen MR) is 69.8 cm³/mol. The van der Waals surface area contributed by atoms with Crippen LogP contribution in [-0.2, 0) is 11.2 Å². The van der Waals surface area contributed by atoms with Crippen molar-refractivity contribution >= 4 is 11.4 Å². The van der Waals surface area contributed by atoms with E-state index >= 15 is 0 Å². The lowest BCUT2D eigenvalue weighted by molar-refractivity contribution is -0.119. The van der Waals surface area contributed by atoms with Gasteiger partial charge in [-0.25, -0.2) is 0 Å². The summed E-state index contributed by atoms with van der Waals surface area (Å²) in [6.45, 7) is 4.19. The molecule has 1 aromatic carbocycles. The number of hydrogen-bond donors (Lipinski definition) is 0. The Labute approximate surface area is 103 Å². The van der Waals surface area contributed by atoms with Crippen LogP contribution < -0.4 is 0 Å². The molecule has 3 rings (SSSR count). The highest BCUT2D eigenvalue weighted by molar-refractivity contribution is 6.06. The van der Waals surface area contributed by atoms with E-state index in [0.717, 1.165) is 31.3 Å². The van der Waals surface area contributed by atoms with E-state index in [1.807, 2.05) is 0 Å². The Balaban J connectivity index is 2.16. The third-order valence-electron chi connectivity index (χ3n) is 4.17. The van der Waals surface area contributed by atoms with Gasteiger partial charge in [0.2, 0.25) is 0 Å². The fourth-order valence-electron chi connectivity index (χ4n) is 3.11. The molecular weight excluding hydrogens is 208 g/mol. The molecule has 1 unspecified atom stereocenters. The number of carbonyl (C=O) groups excluding carboxylic acids is 1. The number of hydrogen-bond acceptors (Lipinski definition) is 1. The van der Waals surface area contributed by atoms with Crippen LogP contribution in [0.15, 0.2) is 23.8 Å². The quantitative estimate of drug-likeness (QED) is 0.659. The monoisotopic (exact) mass is 226 g/mol. The topological polar surface area (TPSA) is 17.1 Å². The van der Waals surface area contributed by atoms with Crippen molar-refractivity contribution in [2.45, 2.75) is 39.5 Å². The third-order valence-corrected chi connectivity index (χ3v) is 4.17. The highest BCUT2D eigenvalue weighted by atomic mass is 16.1. The van der Waals surface area contributed by atoms with E-state index in [-0.39, 0.29) is 5.92 Å². The summed E-state index contributed by atoms with van der Waals surface area (Å²) >= 11 is 0. The maximum absolute atomic E-state index is 12.2. The molecule has 0 saturated heterocycles. The predicted octanol–water partition coefficient (Wildman–Crippen LogP) is 3.69. The third kappa shape index (κ3) is 1.65. The summed E-state index contributed by atoms with van der Waals surface area (Å²) in [7, 11) is 0. The number of allylic oxidation sites excluding steroid dienone is 2. The minimum atomic E-state index is 0.236. The molecule has 0 aromatic heterocycles. The SMILES string of the molecule is Cc1ccc2c(c1)C1=C(CC2)C(=O)C(C)CC1. The molecule has 1 atom stereocenters. The van der Waals surface area contributed by atoms with Crippen molar-refractivity contribution in [1.29, 1.82) is 0 Å². The van der Waals surface area contributed by atoms with Crippen molar-refractivity contribution in [3.05, 3.63) is 40.5 Å². The lowest BCUT2D eigenvalue weighted by Crippen LogP contribution is -2.23. The van der Waals surface area contributed by atoms with Gasteiger partial charge in [0.25, 0.3) is 0 Å². The highest BCUT2D eigenvalue weighted by Crippen LogP contribution is 2.40. The van der Waals surface area contributed by atoms with E-state index in [1.165, 1.54) is 22.3 Å². The number of carbonyl (C=O) groups is 1. The van der Waals surface area contributed by atoms with Gasteiger partial charge in [0.1, 0.15) is 0 Å². The Hall–Kier alpha value is -1.37. The number of benzene rings is 1. The summed E-state index contributed by atoms with van der Waals surface area (Å²) in [4.78, 5) is 12.2. The molecule has 0 heterocycles. The first kappa shape index (κ1) is 10.8. The molecule has 1 nitrogen and oxygen atoms in total. The average Bonchev–Trinajstić information content (AvgIpc) is 2.33. The van der Waals surface area contributed by atoms with Crippen molar-refractivity contribution in [2.24, 2.45) is 5.92 Å². The van der Waals surface area contributed by atoms with Gasteiger partial charge in [0, 0.05) is 5.92 Å². The van der Waals surface area contributed by atoms with Gasteiger partial charge in [-0.3, -0.25) is 4.79 Å². The Morgan fingerprint density at radius 1 is 1.12 bits per heavy atom. The molecule has 0 amide bonds. The van der Waals surface area contributed by atoms with Gasteiger partial charge in [-0.2, -0.15) is 0 Å². The fourth-order valence-corrected chi connectivity index (χ4v) is 3.11. The summed E-state index contributed by atoms with van der Waals surface area (Å²) < 4.78 is 0. The van der Waals surface area contributed by atoms with Gasteiger partial charge in [-0.05, 0) is 54.9 Å². The lowest BCUT2D eigenvalue weighted by Gasteiger charge is -2.29. The second-order valence-electron chi connectivity index (χ2n) is 5.42. The van der Waals surface area contributed by atoms with E-state index in [4.69, 9.17) is 0 Å². The molecule has 2 aliphatic rings. The molecule has 1 aromatic rings. The van der Waals surface area contributed by atoms with Crippen LogP contribution >= 0.6 is 0 Å². The summed E-state index contributed by atoms with van der Waals surface area (Å²) in [5.41, 5.74) is 6.55. The van der Waals surface area contributed by atoms with Crippen molar-refractivity contribution < 1.29 is 4.79 Å². The summed E-state index contributed by atoms with van der Waals surface area (Å²) in [5, 5.41) is 0. The first-order valence-corrected chi connectivity index (χ1v) is 6.53. The average molecular weight is 226 g/mol. The minimum absolute atomic E-state index is 0.236. The van der Waals surface area contributed by atoms with Crippen LogP contribution in [0.3, 0.4) is 0 Å². The minimum Gasteiger partial charge on any atom is -0.294 e. The van der Waals surface area contributed by atoms with E-state index in [0.29, 0.717) is 5.78 Å². The zero-order valence-corrected chi connectivity index (χ0v) is 10.5. The maximum atomic E-state index is 12.2. The van der Waals surface area contributed by atoms with Gasteiger partial charge in [0.15, 0.2) is 5.78 Å². The molecule has 0 saturated carbocycles. The summed E-state index contributed by atoms with van der Waals surface area (Å²) in [6.07, 6.45) is 4.09. The van der Waals surface area contributed by atoms with E-state index in [9.17, 15) is 4.79 Å². The molecule has 88 valence electrons. The van der Waals surface area contributed by atoms with Crippen LogP contribution in [-0.4, -0.2) is 5.78 Å². The van der Waals surface area contributed by atoms with Crippen LogP contribution in [0, 0.1) is 12.8 Å². The molecule has 0 fully saturated rings. The van der Waals surface area contributed by atoms with Gasteiger partial charge < -0.3 is 0 Å². The van der Waals surface area contributed by atoms with E-state index in [1.54, 1.807) is 0 Å². The first-order valence-electron chi connectivity index (χ1n) is 6.53. The smallest absolute Gasteiger partial charge is 0.161 e. The van der Waals surface area contributed by atoms with Crippen LogP contribution in [0.25, 0.3) is 5.57 Å². The molecule has 2 aliphatic carbocycles. The number of fused-ring (bicyclic) bond motifs is 2. The molecule has 17 heavy (non-hydrogen) atoms. The lowest BCUT2D eigenvalue weighted by atomic mass is 9.74. The number of aryl methyl sites for hydroxylation is 2. The second-order valence-corrected chi connectivity index (χ2v) is 5.42. The largest absolute Gasteiger partial charge is 0.294 e. The zero-order valence-electron chi connectivity index (χ0n) is 10.5. The Bertz CT molecular complexity index is 522. The van der Waals surface area contributed by atoms with Crippen molar-refractivity contribution in [3.8, 4) is 0 Å². The fraction of sp³-hybridized carbons (Fsp3) is 0.438. The van der Waals surface area contributed by atoms with Crippen LogP contribution in [0.5, 0.6) is 0 Å². The Morgan fingerprint density at radius 2 is 1.94 bits per heavy atom. The van der Waals surface area contributed by atoms with Crippen LogP contribution in [0.1, 0.15) is 42.9 Å². The van der Waals surface area contributed by atoms with Crippen molar-refractivity contribution in [3.63, 3.8) is 0 Å². The van der Waals surface area contributed by atoms with Gasteiger partial charge in [0.05, 0.1) is 0 Å². The maximum Gasteiger partial charge on any atom is 0.161 e. The number of rotatable bonds is 0. The molecule has 0 radical (unpaired) electrons. The summed E-state index contributed by atoms with van der Waals surface area (Å²) in [6, 6.07) is 6.67. The molecule has 0 N–H and O–H groups in total. The van der Waals surface area contributed by atoms with E-state index < -0.39 is 0 Å². The standard InChI is InChI=1S/C16H18O/c1-10-3-5-12-6-8-14-13(15(12)9-10)7-4-11(2)16(14)17/h3,5,9,11H,4,6-8H2,1-2H3. The normalized spacial score (nSPS) is 23.4. The van der Waals surface area contributed by atoms with Gasteiger partial charge >= 0.3 is 0 Å². The molecular formula is C16H18O. The van der Waals surface area contributed by atoms with E-state index in [2.05, 4.69) is 32.0 Å². The second kappa shape index (κ2) is 3.83. The Kier molecular flexibility index (Phi) is 2.43.